The number of pyridine rings is 1. The number of hydrogen-bond donors (Lipinski definition) is 1. The molecule has 1 saturated carbocycles. The summed E-state index contributed by atoms with van der Waals surface area (Å²) >= 11 is 6.23. The molecule has 0 radical (unpaired) electrons. The summed E-state index contributed by atoms with van der Waals surface area (Å²) in [6.45, 7) is 3.41. The summed E-state index contributed by atoms with van der Waals surface area (Å²) in [5, 5.41) is 5.38. The van der Waals surface area contributed by atoms with E-state index in [-0.39, 0.29) is 0 Å². The molecule has 0 aliphatic heterocycles. The highest BCUT2D eigenvalue weighted by Crippen LogP contribution is 2.31. The van der Waals surface area contributed by atoms with Gasteiger partial charge < -0.3 is 5.32 Å². The fraction of sp³-hybridized carbons (Fsp3) is 0.471. The zero-order chi connectivity index (χ0) is 13.9. The van der Waals surface area contributed by atoms with Crippen molar-refractivity contribution in [3.8, 4) is 0 Å². The molecule has 1 aromatic carbocycles. The quantitative estimate of drug-likeness (QED) is 0.847. The topological polar surface area (TPSA) is 24.9 Å². The van der Waals surface area contributed by atoms with Gasteiger partial charge in [0.25, 0.3) is 0 Å². The molecule has 0 amide bonds. The average Bonchev–Trinajstić information content (AvgIpc) is 2.47. The van der Waals surface area contributed by atoms with Crippen molar-refractivity contribution in [2.75, 3.05) is 11.9 Å². The zero-order valence-corrected chi connectivity index (χ0v) is 12.7. The second-order valence-corrected chi connectivity index (χ2v) is 6.42. The van der Waals surface area contributed by atoms with E-state index in [1.54, 1.807) is 0 Å². The monoisotopic (exact) mass is 288 g/mol. The SMILES string of the molecule is CC1CCCC(CNc2ccc(Cl)c3cccnc23)C1. The van der Waals surface area contributed by atoms with Crippen LogP contribution >= 0.6 is 11.6 Å². The second kappa shape index (κ2) is 6.01. The number of nitrogens with zero attached hydrogens (tertiary/aromatic N) is 1. The predicted molar refractivity (Wildman–Crippen MR) is 86.4 cm³/mol. The first-order valence-electron chi connectivity index (χ1n) is 7.51. The van der Waals surface area contributed by atoms with Gasteiger partial charge in [-0.05, 0) is 48.9 Å². The van der Waals surface area contributed by atoms with Crippen molar-refractivity contribution in [2.45, 2.75) is 32.6 Å². The van der Waals surface area contributed by atoms with Gasteiger partial charge in [0.2, 0.25) is 0 Å². The van der Waals surface area contributed by atoms with Gasteiger partial charge in [-0.1, -0.05) is 31.4 Å². The molecule has 106 valence electrons. The molecular weight excluding hydrogens is 268 g/mol. The molecule has 0 bridgehead atoms. The minimum atomic E-state index is 0.768. The standard InChI is InChI=1S/C17H21ClN2/c1-12-4-2-5-13(10-12)11-20-16-8-7-15(18)14-6-3-9-19-17(14)16/h3,6-9,12-13,20H,2,4-5,10-11H2,1H3. The third-order valence-electron chi connectivity index (χ3n) is 4.34. The summed E-state index contributed by atoms with van der Waals surface area (Å²) in [7, 11) is 0. The van der Waals surface area contributed by atoms with Crippen molar-refractivity contribution >= 4 is 28.2 Å². The van der Waals surface area contributed by atoms with Crippen LogP contribution in [0.3, 0.4) is 0 Å². The summed E-state index contributed by atoms with van der Waals surface area (Å²) in [5.41, 5.74) is 2.08. The van der Waals surface area contributed by atoms with Gasteiger partial charge in [-0.3, -0.25) is 4.98 Å². The number of fused-ring (bicyclic) bond motifs is 1. The van der Waals surface area contributed by atoms with Crippen LogP contribution in [0.5, 0.6) is 0 Å². The lowest BCUT2D eigenvalue weighted by Gasteiger charge is -2.27. The second-order valence-electron chi connectivity index (χ2n) is 6.01. The summed E-state index contributed by atoms with van der Waals surface area (Å²) in [6.07, 6.45) is 7.27. The highest BCUT2D eigenvalue weighted by atomic mass is 35.5. The van der Waals surface area contributed by atoms with Gasteiger partial charge in [0.1, 0.15) is 0 Å². The van der Waals surface area contributed by atoms with Crippen LogP contribution in [0.25, 0.3) is 10.9 Å². The van der Waals surface area contributed by atoms with Gasteiger partial charge in [0, 0.05) is 18.1 Å². The van der Waals surface area contributed by atoms with Gasteiger partial charge >= 0.3 is 0 Å². The van der Waals surface area contributed by atoms with E-state index in [1.165, 1.54) is 25.7 Å². The third-order valence-corrected chi connectivity index (χ3v) is 4.67. The summed E-state index contributed by atoms with van der Waals surface area (Å²) < 4.78 is 0. The first kappa shape index (κ1) is 13.7. The van der Waals surface area contributed by atoms with Gasteiger partial charge in [-0.15, -0.1) is 0 Å². The van der Waals surface area contributed by atoms with Crippen LogP contribution in [0, 0.1) is 11.8 Å². The summed E-state index contributed by atoms with van der Waals surface area (Å²) in [6, 6.07) is 7.96. The molecule has 1 aliphatic rings. The molecule has 2 unspecified atom stereocenters. The zero-order valence-electron chi connectivity index (χ0n) is 11.9. The molecule has 1 heterocycles. The lowest BCUT2D eigenvalue weighted by atomic mass is 9.82. The van der Waals surface area contributed by atoms with Crippen LogP contribution in [0.4, 0.5) is 5.69 Å². The van der Waals surface area contributed by atoms with Crippen molar-refractivity contribution in [3.63, 3.8) is 0 Å². The van der Waals surface area contributed by atoms with Gasteiger partial charge in [0.15, 0.2) is 0 Å². The number of rotatable bonds is 3. The number of nitrogens with one attached hydrogen (secondary N) is 1. The Labute approximate surface area is 125 Å². The van der Waals surface area contributed by atoms with E-state index in [2.05, 4.69) is 17.2 Å². The maximum absolute atomic E-state index is 6.23. The Morgan fingerprint density at radius 1 is 1.30 bits per heavy atom. The maximum atomic E-state index is 6.23. The van der Waals surface area contributed by atoms with E-state index in [1.807, 2.05) is 30.5 Å². The third kappa shape index (κ3) is 2.90. The van der Waals surface area contributed by atoms with Crippen molar-refractivity contribution in [1.29, 1.82) is 0 Å². The Hall–Kier alpha value is -1.28. The molecule has 3 heteroatoms. The molecule has 3 rings (SSSR count). The van der Waals surface area contributed by atoms with E-state index in [0.717, 1.165) is 40.0 Å². The van der Waals surface area contributed by atoms with Crippen LogP contribution in [0.2, 0.25) is 5.02 Å². The lowest BCUT2D eigenvalue weighted by molar-refractivity contribution is 0.293. The van der Waals surface area contributed by atoms with E-state index in [0.29, 0.717) is 0 Å². The minimum Gasteiger partial charge on any atom is -0.383 e. The number of hydrogen-bond acceptors (Lipinski definition) is 2. The molecule has 1 aliphatic carbocycles. The van der Waals surface area contributed by atoms with E-state index >= 15 is 0 Å². The van der Waals surface area contributed by atoms with E-state index < -0.39 is 0 Å². The fourth-order valence-electron chi connectivity index (χ4n) is 3.28. The summed E-state index contributed by atoms with van der Waals surface area (Å²) in [5.74, 6) is 1.66. The first-order chi connectivity index (χ1) is 9.74. The Kier molecular flexibility index (Phi) is 4.11. The Bertz CT molecular complexity index is 597. The number of aromatic nitrogens is 1. The predicted octanol–water partition coefficient (Wildman–Crippen LogP) is 5.13. The van der Waals surface area contributed by atoms with Crippen molar-refractivity contribution in [2.24, 2.45) is 11.8 Å². The van der Waals surface area contributed by atoms with Crippen molar-refractivity contribution in [1.82, 2.24) is 4.98 Å². The van der Waals surface area contributed by atoms with Gasteiger partial charge in [-0.2, -0.15) is 0 Å². The molecule has 0 saturated heterocycles. The number of benzene rings is 1. The van der Waals surface area contributed by atoms with Gasteiger partial charge in [0.05, 0.1) is 16.2 Å². The van der Waals surface area contributed by atoms with Gasteiger partial charge in [-0.25, -0.2) is 0 Å². The average molecular weight is 289 g/mol. The highest BCUT2D eigenvalue weighted by molar-refractivity contribution is 6.35. The van der Waals surface area contributed by atoms with Crippen molar-refractivity contribution in [3.05, 3.63) is 35.5 Å². The van der Waals surface area contributed by atoms with E-state index in [9.17, 15) is 0 Å². The maximum Gasteiger partial charge on any atom is 0.0948 e. The van der Waals surface area contributed by atoms with Crippen LogP contribution in [0.15, 0.2) is 30.5 Å². The number of anilines is 1. The van der Waals surface area contributed by atoms with Crippen LogP contribution in [-0.2, 0) is 0 Å². The number of halogens is 1. The summed E-state index contributed by atoms with van der Waals surface area (Å²) in [4.78, 5) is 4.47. The van der Waals surface area contributed by atoms with Crippen LogP contribution in [-0.4, -0.2) is 11.5 Å². The highest BCUT2D eigenvalue weighted by Gasteiger charge is 2.18. The molecule has 1 N–H and O–H groups in total. The molecule has 1 aromatic heterocycles. The minimum absolute atomic E-state index is 0.768. The molecule has 0 spiro atoms. The Morgan fingerprint density at radius 3 is 3.05 bits per heavy atom. The first-order valence-corrected chi connectivity index (χ1v) is 7.89. The molecule has 20 heavy (non-hydrogen) atoms. The lowest BCUT2D eigenvalue weighted by Crippen LogP contribution is -2.21. The molecule has 2 nitrogen and oxygen atoms in total. The van der Waals surface area contributed by atoms with Crippen molar-refractivity contribution < 1.29 is 0 Å². The van der Waals surface area contributed by atoms with E-state index in [4.69, 9.17) is 11.6 Å². The Balaban J connectivity index is 1.76. The molecular formula is C17H21ClN2. The molecule has 2 atom stereocenters. The van der Waals surface area contributed by atoms with Crippen LogP contribution < -0.4 is 5.32 Å². The largest absolute Gasteiger partial charge is 0.383 e. The molecule has 1 fully saturated rings. The normalized spacial score (nSPS) is 22.9. The fourth-order valence-corrected chi connectivity index (χ4v) is 3.50. The van der Waals surface area contributed by atoms with Crippen LogP contribution in [0.1, 0.15) is 32.6 Å². The smallest absolute Gasteiger partial charge is 0.0948 e. The Morgan fingerprint density at radius 2 is 2.20 bits per heavy atom. The molecule has 2 aromatic rings.